The number of nitrogens with one attached hydrogen (secondary N) is 1. The Bertz CT molecular complexity index is 123. The van der Waals surface area contributed by atoms with Gasteiger partial charge in [0, 0.05) is 0 Å². The first kappa shape index (κ1) is 11.7. The first-order valence-corrected chi connectivity index (χ1v) is 4.53. The van der Waals surface area contributed by atoms with E-state index in [1.807, 2.05) is 14.0 Å². The van der Waals surface area contributed by atoms with Crippen molar-refractivity contribution in [3.8, 4) is 0 Å². The molecule has 1 N–H and O–H groups in total. The Morgan fingerprint density at radius 3 is 2.75 bits per heavy atom. The van der Waals surface area contributed by atoms with Crippen molar-refractivity contribution in [1.82, 2.24) is 5.32 Å². The monoisotopic (exact) mass is 171 g/mol. The summed E-state index contributed by atoms with van der Waals surface area (Å²) in [6.07, 6.45) is 0.978. The quantitative estimate of drug-likeness (QED) is 0.466. The number of rotatable bonds is 7. The van der Waals surface area contributed by atoms with Gasteiger partial charge in [-0.1, -0.05) is 12.5 Å². The van der Waals surface area contributed by atoms with E-state index >= 15 is 0 Å². The molecule has 0 fully saturated rings. The third kappa shape index (κ3) is 7.76. The minimum Gasteiger partial charge on any atom is -0.381 e. The highest BCUT2D eigenvalue weighted by molar-refractivity contribution is 4.87. The second-order valence-corrected chi connectivity index (χ2v) is 3.44. The Morgan fingerprint density at radius 1 is 1.58 bits per heavy atom. The topological polar surface area (TPSA) is 21.3 Å². The van der Waals surface area contributed by atoms with Crippen LogP contribution in [0, 0.1) is 5.92 Å². The fraction of sp³-hybridized carbons (Fsp3) is 0.800. The summed E-state index contributed by atoms with van der Waals surface area (Å²) >= 11 is 0. The van der Waals surface area contributed by atoms with Crippen molar-refractivity contribution in [3.05, 3.63) is 12.2 Å². The molecule has 0 aliphatic carbocycles. The summed E-state index contributed by atoms with van der Waals surface area (Å²) < 4.78 is 5.46. The third-order valence-corrected chi connectivity index (χ3v) is 1.63. The van der Waals surface area contributed by atoms with Gasteiger partial charge < -0.3 is 10.1 Å². The van der Waals surface area contributed by atoms with Gasteiger partial charge in [0.15, 0.2) is 0 Å². The van der Waals surface area contributed by atoms with E-state index < -0.39 is 0 Å². The van der Waals surface area contributed by atoms with Crippen molar-refractivity contribution < 1.29 is 4.74 Å². The van der Waals surface area contributed by atoms with Crippen LogP contribution in [0.4, 0.5) is 0 Å². The average molecular weight is 171 g/mol. The Kier molecular flexibility index (Phi) is 7.11. The molecule has 72 valence electrons. The second kappa shape index (κ2) is 7.32. The maximum absolute atomic E-state index is 5.46. The van der Waals surface area contributed by atoms with E-state index in [2.05, 4.69) is 18.8 Å². The Balaban J connectivity index is 3.13. The molecule has 0 spiro atoms. The Hall–Kier alpha value is -0.340. The number of hydrogen-bond acceptors (Lipinski definition) is 2. The van der Waals surface area contributed by atoms with Gasteiger partial charge in [-0.25, -0.2) is 0 Å². The molecule has 0 aromatic carbocycles. The molecule has 0 heterocycles. The first-order valence-electron chi connectivity index (χ1n) is 4.53. The average Bonchev–Trinajstić information content (AvgIpc) is 1.98. The van der Waals surface area contributed by atoms with E-state index in [-0.39, 0.29) is 0 Å². The summed E-state index contributed by atoms with van der Waals surface area (Å²) in [4.78, 5) is 0. The van der Waals surface area contributed by atoms with Gasteiger partial charge in [-0.3, -0.25) is 0 Å². The predicted molar refractivity (Wildman–Crippen MR) is 53.3 cm³/mol. The van der Waals surface area contributed by atoms with Crippen LogP contribution >= 0.6 is 0 Å². The summed E-state index contributed by atoms with van der Waals surface area (Å²) in [6.45, 7) is 10.7. The van der Waals surface area contributed by atoms with Crippen LogP contribution < -0.4 is 5.32 Å². The van der Waals surface area contributed by atoms with Crippen LogP contribution in [0.5, 0.6) is 0 Å². The molecule has 2 nitrogen and oxygen atoms in total. The molecule has 0 amide bonds. The third-order valence-electron chi connectivity index (χ3n) is 1.63. The van der Waals surface area contributed by atoms with E-state index in [9.17, 15) is 0 Å². The van der Waals surface area contributed by atoms with Gasteiger partial charge in [0.2, 0.25) is 0 Å². The molecule has 0 rings (SSSR count). The first-order chi connectivity index (χ1) is 5.66. The number of ether oxygens (including phenoxy) is 1. The minimum atomic E-state index is 0.597. The molecule has 0 bridgehead atoms. The second-order valence-electron chi connectivity index (χ2n) is 3.44. The standard InChI is InChI=1S/C10H21NO/c1-9(2)5-6-12-8-10(3)7-11-4/h10-11H,1,5-8H2,2-4H3. The van der Waals surface area contributed by atoms with Gasteiger partial charge in [-0.2, -0.15) is 0 Å². The van der Waals surface area contributed by atoms with Gasteiger partial charge in [-0.05, 0) is 32.9 Å². The van der Waals surface area contributed by atoms with E-state index in [1.165, 1.54) is 5.57 Å². The van der Waals surface area contributed by atoms with Crippen molar-refractivity contribution in [2.45, 2.75) is 20.3 Å². The molecule has 0 radical (unpaired) electrons. The van der Waals surface area contributed by atoms with Crippen LogP contribution in [0.3, 0.4) is 0 Å². The molecular formula is C10H21NO. The molecule has 0 saturated carbocycles. The van der Waals surface area contributed by atoms with Gasteiger partial charge in [-0.15, -0.1) is 6.58 Å². The molecule has 1 atom stereocenters. The van der Waals surface area contributed by atoms with E-state index in [1.54, 1.807) is 0 Å². The fourth-order valence-corrected chi connectivity index (χ4v) is 0.938. The summed E-state index contributed by atoms with van der Waals surface area (Å²) in [5, 5.41) is 3.12. The molecule has 0 saturated heterocycles. The van der Waals surface area contributed by atoms with Crippen molar-refractivity contribution in [2.24, 2.45) is 5.92 Å². The molecule has 12 heavy (non-hydrogen) atoms. The zero-order chi connectivity index (χ0) is 9.40. The van der Waals surface area contributed by atoms with Crippen molar-refractivity contribution in [1.29, 1.82) is 0 Å². The lowest BCUT2D eigenvalue weighted by Crippen LogP contribution is -2.20. The maximum atomic E-state index is 5.46. The largest absolute Gasteiger partial charge is 0.381 e. The lowest BCUT2D eigenvalue weighted by Gasteiger charge is -2.10. The van der Waals surface area contributed by atoms with Crippen molar-refractivity contribution >= 4 is 0 Å². The van der Waals surface area contributed by atoms with Crippen LogP contribution in [0.25, 0.3) is 0 Å². The summed E-state index contributed by atoms with van der Waals surface area (Å²) in [6, 6.07) is 0. The number of hydrogen-bond donors (Lipinski definition) is 1. The summed E-state index contributed by atoms with van der Waals surface area (Å²) in [5.41, 5.74) is 1.19. The highest BCUT2D eigenvalue weighted by atomic mass is 16.5. The minimum absolute atomic E-state index is 0.597. The summed E-state index contributed by atoms with van der Waals surface area (Å²) in [7, 11) is 1.96. The van der Waals surface area contributed by atoms with Crippen LogP contribution in [0.15, 0.2) is 12.2 Å². The highest BCUT2D eigenvalue weighted by Crippen LogP contribution is 1.98. The maximum Gasteiger partial charge on any atom is 0.0503 e. The van der Waals surface area contributed by atoms with Crippen LogP contribution in [-0.4, -0.2) is 26.8 Å². The van der Waals surface area contributed by atoms with Crippen molar-refractivity contribution in [2.75, 3.05) is 26.8 Å². The van der Waals surface area contributed by atoms with Crippen LogP contribution in [0.2, 0.25) is 0 Å². The van der Waals surface area contributed by atoms with Gasteiger partial charge >= 0.3 is 0 Å². The highest BCUT2D eigenvalue weighted by Gasteiger charge is 1.99. The smallest absolute Gasteiger partial charge is 0.0503 e. The molecule has 0 aliphatic heterocycles. The molecular weight excluding hydrogens is 150 g/mol. The molecule has 1 unspecified atom stereocenters. The normalized spacial score (nSPS) is 12.9. The Labute approximate surface area is 76.0 Å². The Morgan fingerprint density at radius 2 is 2.25 bits per heavy atom. The van der Waals surface area contributed by atoms with Gasteiger partial charge in [0.25, 0.3) is 0 Å². The van der Waals surface area contributed by atoms with E-state index in [0.29, 0.717) is 5.92 Å². The zero-order valence-corrected chi connectivity index (χ0v) is 8.52. The SMILES string of the molecule is C=C(C)CCOCC(C)CNC. The summed E-state index contributed by atoms with van der Waals surface area (Å²) in [5.74, 6) is 0.597. The van der Waals surface area contributed by atoms with Crippen LogP contribution in [0.1, 0.15) is 20.3 Å². The van der Waals surface area contributed by atoms with E-state index in [4.69, 9.17) is 4.74 Å². The van der Waals surface area contributed by atoms with Gasteiger partial charge in [0.05, 0.1) is 13.2 Å². The molecule has 2 heteroatoms. The van der Waals surface area contributed by atoms with E-state index in [0.717, 1.165) is 26.2 Å². The predicted octanol–water partition coefficient (Wildman–Crippen LogP) is 1.82. The zero-order valence-electron chi connectivity index (χ0n) is 8.52. The lowest BCUT2D eigenvalue weighted by molar-refractivity contribution is 0.107. The fourth-order valence-electron chi connectivity index (χ4n) is 0.938. The van der Waals surface area contributed by atoms with Crippen LogP contribution in [-0.2, 0) is 4.74 Å². The van der Waals surface area contributed by atoms with Crippen molar-refractivity contribution in [3.63, 3.8) is 0 Å². The van der Waals surface area contributed by atoms with Gasteiger partial charge in [0.1, 0.15) is 0 Å². The molecule has 0 aromatic rings. The lowest BCUT2D eigenvalue weighted by atomic mass is 10.2. The molecule has 0 aromatic heterocycles. The molecule has 0 aliphatic rings.